The molecule has 0 unspecified atom stereocenters. The van der Waals surface area contributed by atoms with E-state index >= 15 is 0 Å². The second kappa shape index (κ2) is 28.5. The first-order valence-corrected chi connectivity index (χ1v) is 36.4. The number of nitrogens with zero attached hydrogens (tertiary/aromatic N) is 2. The van der Waals surface area contributed by atoms with Gasteiger partial charge in [0, 0.05) is 38.5 Å². The number of hydrogen-bond acceptors (Lipinski definition) is 9. The zero-order valence-corrected chi connectivity index (χ0v) is 64.6. The number of phenolic OH excluding ortho intramolecular Hbond substituents is 1. The number of aromatic hydroxyl groups is 1. The second-order valence-corrected chi connectivity index (χ2v) is 34.2. The quantitative estimate of drug-likeness (QED) is 0.136. The van der Waals surface area contributed by atoms with Gasteiger partial charge >= 0.3 is 0 Å². The fraction of sp³-hybridized carbons (Fsp3) is 0.467. The summed E-state index contributed by atoms with van der Waals surface area (Å²) in [6.07, 6.45) is 3.25. The van der Waals surface area contributed by atoms with Crippen LogP contribution in [0.1, 0.15) is 275 Å². The van der Waals surface area contributed by atoms with Crippen LogP contribution >= 0.6 is 0 Å². The topological polar surface area (TPSA) is 100 Å². The zero-order chi connectivity index (χ0) is 72.1. The predicted molar refractivity (Wildman–Crippen MR) is 409 cm³/mol. The molecule has 0 fully saturated rings. The van der Waals surface area contributed by atoms with Crippen LogP contribution in [0.2, 0.25) is 0 Å². The molecule has 2 aliphatic rings. The van der Waals surface area contributed by atoms with Crippen molar-refractivity contribution in [2.75, 3.05) is 26.4 Å². The molecule has 12 bridgehead atoms. The number of azo groups is 1. The zero-order valence-electron chi connectivity index (χ0n) is 64.6. The van der Waals surface area contributed by atoms with Crippen LogP contribution in [0.3, 0.4) is 0 Å². The van der Waals surface area contributed by atoms with E-state index in [4.69, 9.17) is 38.6 Å². The number of aryl methyl sites for hydroxylation is 2. The van der Waals surface area contributed by atoms with E-state index in [0.717, 1.165) is 124 Å². The Labute approximate surface area is 594 Å². The average molecular weight is 1340 g/mol. The Balaban J connectivity index is 1.42. The second-order valence-electron chi connectivity index (χ2n) is 34.2. The van der Waals surface area contributed by atoms with Gasteiger partial charge in [0.2, 0.25) is 0 Å². The van der Waals surface area contributed by atoms with Crippen molar-refractivity contribution in [3.05, 3.63) is 226 Å². The molecule has 10 rings (SSSR count). The first-order chi connectivity index (χ1) is 46.3. The highest BCUT2D eigenvalue weighted by Gasteiger charge is 2.32. The summed E-state index contributed by atoms with van der Waals surface area (Å²) in [6.45, 7) is 56.3. The molecule has 0 spiro atoms. The summed E-state index contributed by atoms with van der Waals surface area (Å²) in [7, 11) is 0. The summed E-state index contributed by atoms with van der Waals surface area (Å²) >= 11 is 0. The molecule has 8 aromatic rings. The molecule has 0 saturated heterocycles. The Hall–Kier alpha value is -8.04. The van der Waals surface area contributed by atoms with Crippen LogP contribution in [0.15, 0.2) is 113 Å². The highest BCUT2D eigenvalue weighted by Crippen LogP contribution is 2.47. The predicted octanol–water partition coefficient (Wildman–Crippen LogP) is 23.1. The van der Waals surface area contributed by atoms with Crippen LogP contribution < -0.4 is 28.4 Å². The van der Waals surface area contributed by atoms with Crippen LogP contribution in [-0.2, 0) is 84.2 Å². The van der Waals surface area contributed by atoms with Gasteiger partial charge < -0.3 is 33.5 Å². The fourth-order valence-electron chi connectivity index (χ4n) is 14.0. The number of phenols is 1. The van der Waals surface area contributed by atoms with E-state index < -0.39 is 0 Å². The van der Waals surface area contributed by atoms with Crippen LogP contribution in [-0.4, -0.2) is 31.5 Å². The molecule has 9 nitrogen and oxygen atoms in total. The van der Waals surface area contributed by atoms with Crippen LogP contribution in [0.4, 0.5) is 11.4 Å². The lowest BCUT2D eigenvalue weighted by Gasteiger charge is -2.29. The highest BCUT2D eigenvalue weighted by atomic mass is 16.5. The number of benzene rings is 8. The maximum absolute atomic E-state index is 10.8. The van der Waals surface area contributed by atoms with E-state index in [9.17, 15) is 5.11 Å². The lowest BCUT2D eigenvalue weighted by molar-refractivity contribution is 0.293. The average Bonchev–Trinajstić information content (AvgIpc) is 0.769. The smallest absolute Gasteiger partial charge is 0.126 e. The van der Waals surface area contributed by atoms with Gasteiger partial charge in [0.1, 0.15) is 53.5 Å². The van der Waals surface area contributed by atoms with Crippen molar-refractivity contribution in [1.82, 2.24) is 0 Å². The van der Waals surface area contributed by atoms with Gasteiger partial charge in [0.25, 0.3) is 0 Å². The van der Waals surface area contributed by atoms with Crippen molar-refractivity contribution in [3.63, 3.8) is 0 Å². The molecule has 0 saturated carbocycles. The first kappa shape index (κ1) is 73.7. The molecule has 0 aromatic heterocycles. The van der Waals surface area contributed by atoms with Gasteiger partial charge in [-0.3, -0.25) is 0 Å². The normalized spacial score (nSPS) is 14.1. The van der Waals surface area contributed by atoms with Crippen molar-refractivity contribution < 1.29 is 33.5 Å². The summed E-state index contributed by atoms with van der Waals surface area (Å²) in [5.41, 5.74) is 23.6. The van der Waals surface area contributed by atoms with E-state index in [1.807, 2.05) is 26.0 Å². The van der Waals surface area contributed by atoms with Crippen LogP contribution in [0.5, 0.6) is 40.2 Å². The van der Waals surface area contributed by atoms with Gasteiger partial charge in [0.05, 0.1) is 37.8 Å². The van der Waals surface area contributed by atoms with Gasteiger partial charge in [-0.05, 0) is 227 Å². The van der Waals surface area contributed by atoms with Crippen molar-refractivity contribution in [1.29, 1.82) is 0 Å². The SMILES string of the molecule is CCOc1c2cc(C(C)(C)C)cc1Cc1cc(C(C)(C)C)cc3c1OCc1cc(cc(N=Nc4cc(C)c(O)c(C)c4)c1)COc1c(cc(C(C)(C)C)cc1Cc1cc(C(C)(C)C)cc(c1OCC)Cc1cc(C(C)(C)C)cc(c1OCC)C3)Cc1cc(C(C)(C)C)cc(c1OCC)C2. The minimum Gasteiger partial charge on any atom is -0.507 e. The molecule has 526 valence electrons. The molecule has 0 aliphatic carbocycles. The van der Waals surface area contributed by atoms with E-state index in [0.29, 0.717) is 76.3 Å². The third kappa shape index (κ3) is 16.9. The minimum atomic E-state index is -0.257. The standard InChI is InChI=1S/C90H114N2O7/c1-25-94-79-58-34-59-41-71(86(10,11)12)45-63(80(59)95-26-2)37-68-50-75(90(22,23)24)51-69-39-65-47-73(88(16,17)18)43-61(82(65)97-28-4)35-60-42-72(87(13,14)15)46-64(81(60)96-27-3)38-67-49-74(89(19,20)21)48-66(36-62(79)44-70(40-58)85(7,8)9)83(67)98-52-56-31-57(53-99-84(68)69)33-77(32-56)92-91-76-29-54(5)78(93)55(6)30-76/h29-33,40-51,93H,25-28,34-39,52-53H2,1-24H3. The Kier molecular flexibility index (Phi) is 21.2. The monoisotopic (exact) mass is 1330 g/mol. The van der Waals surface area contributed by atoms with Gasteiger partial charge in [-0.1, -0.05) is 197 Å². The molecule has 8 aromatic carbocycles. The third-order valence-corrected chi connectivity index (χ3v) is 19.7. The third-order valence-electron chi connectivity index (χ3n) is 19.7. The number of ether oxygens (including phenoxy) is 6. The minimum absolute atomic E-state index is 0.215. The Morgan fingerprint density at radius 3 is 0.717 bits per heavy atom. The van der Waals surface area contributed by atoms with E-state index in [1.54, 1.807) is 0 Å². The lowest BCUT2D eigenvalue weighted by Crippen LogP contribution is -2.18. The molecule has 9 heteroatoms. The van der Waals surface area contributed by atoms with Crippen molar-refractivity contribution in [3.8, 4) is 40.2 Å². The molecule has 2 heterocycles. The van der Waals surface area contributed by atoms with Gasteiger partial charge in [-0.2, -0.15) is 10.2 Å². The summed E-state index contributed by atoms with van der Waals surface area (Å²) in [6, 6.07) is 39.0. The maximum atomic E-state index is 10.8. The Bertz CT molecular complexity index is 3890. The molecule has 0 atom stereocenters. The summed E-state index contributed by atoms with van der Waals surface area (Å²) in [5.74, 6) is 5.44. The molecule has 99 heavy (non-hydrogen) atoms. The lowest BCUT2D eigenvalue weighted by atomic mass is 9.79. The fourth-order valence-corrected chi connectivity index (χ4v) is 14.0. The molecular weight excluding hydrogens is 1220 g/mol. The van der Waals surface area contributed by atoms with Gasteiger partial charge in [-0.25, -0.2) is 0 Å². The first-order valence-electron chi connectivity index (χ1n) is 36.4. The maximum Gasteiger partial charge on any atom is 0.126 e. The summed E-state index contributed by atoms with van der Waals surface area (Å²) in [5, 5.41) is 20.7. The van der Waals surface area contributed by atoms with E-state index in [-0.39, 0.29) is 51.5 Å². The molecule has 0 radical (unpaired) electrons. The Morgan fingerprint density at radius 1 is 0.303 bits per heavy atom. The molecule has 1 N–H and O–H groups in total. The summed E-state index contributed by atoms with van der Waals surface area (Å²) in [4.78, 5) is 0. The Morgan fingerprint density at radius 2 is 0.505 bits per heavy atom. The molecule has 0 amide bonds. The van der Waals surface area contributed by atoms with E-state index in [2.05, 4.69) is 243 Å². The van der Waals surface area contributed by atoms with Crippen molar-refractivity contribution >= 4 is 11.4 Å². The number of rotatable bonds is 10. The van der Waals surface area contributed by atoms with Gasteiger partial charge in [0.15, 0.2) is 0 Å². The largest absolute Gasteiger partial charge is 0.507 e. The van der Waals surface area contributed by atoms with Crippen LogP contribution in [0.25, 0.3) is 0 Å². The van der Waals surface area contributed by atoms with Crippen molar-refractivity contribution in [2.24, 2.45) is 10.2 Å². The van der Waals surface area contributed by atoms with E-state index in [1.165, 1.54) is 33.4 Å². The molecule has 2 aliphatic heterocycles. The highest BCUT2D eigenvalue weighted by molar-refractivity contribution is 5.62. The van der Waals surface area contributed by atoms with Crippen molar-refractivity contribution in [2.45, 2.75) is 250 Å². The number of hydrogen-bond donors (Lipinski definition) is 1. The van der Waals surface area contributed by atoms with Crippen LogP contribution in [0, 0.1) is 13.8 Å². The summed E-state index contributed by atoms with van der Waals surface area (Å²) < 4.78 is 43.9. The molecular formula is C90H114N2O7. The van der Waals surface area contributed by atoms with Gasteiger partial charge in [-0.15, -0.1) is 0 Å². The number of fused-ring (bicyclic) bond motifs is 10.